The summed E-state index contributed by atoms with van der Waals surface area (Å²) in [6.45, 7) is 2.00. The van der Waals surface area contributed by atoms with E-state index in [1.807, 2.05) is 19.1 Å². The molecule has 1 rings (SSSR count). The summed E-state index contributed by atoms with van der Waals surface area (Å²) >= 11 is 0. The second-order valence-corrected chi connectivity index (χ2v) is 2.09. The number of allylic oxidation sites excluding steroid dienone is 4. The molecule has 0 aliphatic heterocycles. The van der Waals surface area contributed by atoms with E-state index in [0.29, 0.717) is 0 Å². The van der Waals surface area contributed by atoms with E-state index in [1.165, 1.54) is 0 Å². The Labute approximate surface area is 55.1 Å². The van der Waals surface area contributed by atoms with Crippen LogP contribution in [0.3, 0.4) is 0 Å². The number of hydrogen-bond donors (Lipinski definition) is 0. The van der Waals surface area contributed by atoms with Crippen molar-refractivity contribution in [1.29, 1.82) is 0 Å². The zero-order chi connectivity index (χ0) is 6.69. The van der Waals surface area contributed by atoms with Gasteiger partial charge in [0.25, 0.3) is 0 Å². The van der Waals surface area contributed by atoms with Crippen LogP contribution < -0.4 is 0 Å². The standard InChI is InChI=1S/C8H10O/c1-2-7-5-3-4-6-8(7)9/h4-6H,2-3H2,1H3. The van der Waals surface area contributed by atoms with Gasteiger partial charge in [-0.1, -0.05) is 19.1 Å². The van der Waals surface area contributed by atoms with Crippen molar-refractivity contribution in [3.8, 4) is 0 Å². The Hall–Kier alpha value is -0.850. The second-order valence-electron chi connectivity index (χ2n) is 2.09. The molecule has 1 nitrogen and oxygen atoms in total. The van der Waals surface area contributed by atoms with Gasteiger partial charge in [0.05, 0.1) is 0 Å². The van der Waals surface area contributed by atoms with Gasteiger partial charge in [-0.3, -0.25) is 4.79 Å². The molecular formula is C8H10O. The molecule has 9 heavy (non-hydrogen) atoms. The molecule has 0 amide bonds. The van der Waals surface area contributed by atoms with Crippen LogP contribution in [0.1, 0.15) is 19.8 Å². The third-order valence-corrected chi connectivity index (χ3v) is 1.47. The van der Waals surface area contributed by atoms with E-state index in [-0.39, 0.29) is 5.78 Å². The summed E-state index contributed by atoms with van der Waals surface area (Å²) in [5, 5.41) is 0. The molecule has 0 aromatic rings. The Morgan fingerprint density at radius 2 is 2.44 bits per heavy atom. The maximum Gasteiger partial charge on any atom is 0.181 e. The van der Waals surface area contributed by atoms with E-state index in [2.05, 4.69) is 0 Å². The topological polar surface area (TPSA) is 17.1 Å². The summed E-state index contributed by atoms with van der Waals surface area (Å²) in [4.78, 5) is 10.9. The van der Waals surface area contributed by atoms with Gasteiger partial charge < -0.3 is 0 Å². The molecule has 0 aromatic heterocycles. The Bertz CT molecular complexity index is 175. The van der Waals surface area contributed by atoms with Crippen molar-refractivity contribution in [2.75, 3.05) is 0 Å². The largest absolute Gasteiger partial charge is 0.290 e. The molecule has 0 aromatic carbocycles. The van der Waals surface area contributed by atoms with Crippen molar-refractivity contribution in [3.05, 3.63) is 23.8 Å². The maximum atomic E-state index is 10.9. The Morgan fingerprint density at radius 3 is 2.89 bits per heavy atom. The minimum absolute atomic E-state index is 0.184. The van der Waals surface area contributed by atoms with Gasteiger partial charge in [0.15, 0.2) is 5.78 Å². The van der Waals surface area contributed by atoms with Crippen molar-refractivity contribution in [2.45, 2.75) is 19.8 Å². The van der Waals surface area contributed by atoms with Gasteiger partial charge in [0.1, 0.15) is 0 Å². The van der Waals surface area contributed by atoms with Gasteiger partial charge >= 0.3 is 0 Å². The van der Waals surface area contributed by atoms with Crippen LogP contribution in [0.4, 0.5) is 0 Å². The number of carbonyl (C=O) groups excluding carboxylic acids is 1. The molecule has 0 heterocycles. The monoisotopic (exact) mass is 122 g/mol. The lowest BCUT2D eigenvalue weighted by Gasteiger charge is -2.01. The highest BCUT2D eigenvalue weighted by atomic mass is 16.1. The lowest BCUT2D eigenvalue weighted by atomic mass is 10.0. The highest BCUT2D eigenvalue weighted by Crippen LogP contribution is 2.09. The number of rotatable bonds is 1. The number of ketones is 1. The van der Waals surface area contributed by atoms with Crippen LogP contribution in [0.25, 0.3) is 0 Å². The first-order valence-electron chi connectivity index (χ1n) is 3.24. The van der Waals surface area contributed by atoms with Gasteiger partial charge in [-0.15, -0.1) is 0 Å². The van der Waals surface area contributed by atoms with Crippen LogP contribution in [-0.2, 0) is 4.79 Å². The fourth-order valence-corrected chi connectivity index (χ4v) is 0.912. The quantitative estimate of drug-likeness (QED) is 0.518. The molecule has 48 valence electrons. The fourth-order valence-electron chi connectivity index (χ4n) is 0.912. The number of carbonyl (C=O) groups is 1. The van der Waals surface area contributed by atoms with Gasteiger partial charge in [-0.25, -0.2) is 0 Å². The van der Waals surface area contributed by atoms with Crippen molar-refractivity contribution < 1.29 is 4.79 Å². The van der Waals surface area contributed by atoms with Crippen LogP contribution >= 0.6 is 0 Å². The average Bonchev–Trinajstić information content (AvgIpc) is 1.89. The van der Waals surface area contributed by atoms with Crippen LogP contribution in [0.5, 0.6) is 0 Å². The van der Waals surface area contributed by atoms with Gasteiger partial charge in [0.2, 0.25) is 0 Å². The van der Waals surface area contributed by atoms with Crippen molar-refractivity contribution in [1.82, 2.24) is 0 Å². The fraction of sp³-hybridized carbons (Fsp3) is 0.375. The van der Waals surface area contributed by atoms with Crippen molar-refractivity contribution in [2.24, 2.45) is 0 Å². The molecule has 0 atom stereocenters. The third kappa shape index (κ3) is 1.28. The predicted molar refractivity (Wildman–Crippen MR) is 37.1 cm³/mol. The maximum absolute atomic E-state index is 10.9. The Morgan fingerprint density at radius 1 is 1.67 bits per heavy atom. The van der Waals surface area contributed by atoms with Crippen molar-refractivity contribution >= 4 is 5.78 Å². The molecule has 0 saturated heterocycles. The molecule has 0 saturated carbocycles. The summed E-state index contributed by atoms with van der Waals surface area (Å²) in [5.41, 5.74) is 0.956. The van der Waals surface area contributed by atoms with E-state index in [0.717, 1.165) is 18.4 Å². The van der Waals surface area contributed by atoms with E-state index in [4.69, 9.17) is 0 Å². The summed E-state index contributed by atoms with van der Waals surface area (Å²) in [7, 11) is 0. The van der Waals surface area contributed by atoms with E-state index in [9.17, 15) is 4.79 Å². The van der Waals surface area contributed by atoms with Gasteiger partial charge in [-0.2, -0.15) is 0 Å². The molecule has 0 unspecified atom stereocenters. The zero-order valence-corrected chi connectivity index (χ0v) is 5.55. The molecule has 0 radical (unpaired) electrons. The Balaban J connectivity index is 2.71. The molecule has 1 heteroatoms. The third-order valence-electron chi connectivity index (χ3n) is 1.47. The number of hydrogen-bond acceptors (Lipinski definition) is 1. The minimum Gasteiger partial charge on any atom is -0.290 e. The summed E-state index contributed by atoms with van der Waals surface area (Å²) < 4.78 is 0. The minimum atomic E-state index is 0.184. The van der Waals surface area contributed by atoms with Gasteiger partial charge in [0, 0.05) is 0 Å². The highest BCUT2D eigenvalue weighted by Gasteiger charge is 2.04. The average molecular weight is 122 g/mol. The first-order chi connectivity index (χ1) is 4.34. The smallest absolute Gasteiger partial charge is 0.181 e. The molecule has 0 spiro atoms. The first-order valence-corrected chi connectivity index (χ1v) is 3.24. The predicted octanol–water partition coefficient (Wildman–Crippen LogP) is 1.85. The van der Waals surface area contributed by atoms with Crippen molar-refractivity contribution in [3.63, 3.8) is 0 Å². The van der Waals surface area contributed by atoms with E-state index in [1.54, 1.807) is 6.08 Å². The Kier molecular flexibility index (Phi) is 1.83. The van der Waals surface area contributed by atoms with E-state index >= 15 is 0 Å². The van der Waals surface area contributed by atoms with E-state index < -0.39 is 0 Å². The zero-order valence-electron chi connectivity index (χ0n) is 5.55. The summed E-state index contributed by atoms with van der Waals surface area (Å²) in [5.74, 6) is 0.184. The second kappa shape index (κ2) is 2.62. The van der Waals surface area contributed by atoms with Crippen LogP contribution in [0.15, 0.2) is 23.8 Å². The molecule has 0 fully saturated rings. The molecule has 1 aliphatic carbocycles. The van der Waals surface area contributed by atoms with Crippen LogP contribution in [-0.4, -0.2) is 5.78 Å². The lowest BCUT2D eigenvalue weighted by Crippen LogP contribution is -1.99. The van der Waals surface area contributed by atoms with Crippen LogP contribution in [0.2, 0.25) is 0 Å². The highest BCUT2D eigenvalue weighted by molar-refractivity contribution is 6.04. The first kappa shape index (κ1) is 6.27. The molecule has 0 bridgehead atoms. The molecular weight excluding hydrogens is 112 g/mol. The summed E-state index contributed by atoms with van der Waals surface area (Å²) in [6, 6.07) is 0. The van der Waals surface area contributed by atoms with Gasteiger partial charge in [-0.05, 0) is 24.5 Å². The lowest BCUT2D eigenvalue weighted by molar-refractivity contribution is -0.111. The van der Waals surface area contributed by atoms with Crippen LogP contribution in [0, 0.1) is 0 Å². The normalized spacial score (nSPS) is 17.9. The summed E-state index contributed by atoms with van der Waals surface area (Å²) in [6.07, 6.45) is 7.32. The molecule has 0 N–H and O–H groups in total. The molecule has 1 aliphatic rings. The SMILES string of the molecule is CCC1=CCC=CC1=O.